The molecule has 112 valence electrons. The summed E-state index contributed by atoms with van der Waals surface area (Å²) in [5.41, 5.74) is 0.975. The number of nitrogens with one attached hydrogen (secondary N) is 1. The van der Waals surface area contributed by atoms with E-state index < -0.39 is 0 Å². The molecule has 0 unspecified atom stereocenters. The number of ether oxygens (including phenoxy) is 1. The molecule has 1 aliphatic heterocycles. The van der Waals surface area contributed by atoms with Crippen LogP contribution in [0.25, 0.3) is 0 Å². The number of carbonyl (C=O) groups is 1. The Morgan fingerprint density at radius 1 is 1.57 bits per heavy atom. The molecule has 1 saturated heterocycles. The van der Waals surface area contributed by atoms with Crippen LogP contribution in [0.15, 0.2) is 17.0 Å². The van der Waals surface area contributed by atoms with Crippen molar-refractivity contribution in [3.8, 4) is 0 Å². The summed E-state index contributed by atoms with van der Waals surface area (Å²) >= 11 is 3.08. The van der Waals surface area contributed by atoms with E-state index in [-0.39, 0.29) is 12.0 Å². The molecule has 1 aliphatic rings. The summed E-state index contributed by atoms with van der Waals surface area (Å²) in [5.74, 6) is -0.0916. The van der Waals surface area contributed by atoms with Crippen LogP contribution in [-0.4, -0.2) is 40.5 Å². The van der Waals surface area contributed by atoms with Gasteiger partial charge in [-0.3, -0.25) is 9.69 Å². The summed E-state index contributed by atoms with van der Waals surface area (Å²) in [6.07, 6.45) is 1.86. The second-order valence-corrected chi connectivity index (χ2v) is 6.57. The van der Waals surface area contributed by atoms with E-state index in [9.17, 15) is 4.79 Å². The number of thiazole rings is 2. The second kappa shape index (κ2) is 6.61. The van der Waals surface area contributed by atoms with Gasteiger partial charge in [-0.2, -0.15) is 0 Å². The van der Waals surface area contributed by atoms with Crippen molar-refractivity contribution in [2.45, 2.75) is 19.6 Å². The molecule has 3 rings (SSSR count). The standard InChI is InChI=1S/C13H16N4O2S2/c1-9(18)15-13-16-10(8-21-13)6-17-3-4-19-11(7-17)12-14-2-5-20-12/h2,5,8,11H,3-4,6-7H2,1H3,(H,15,16,18)/t11-/m1/s1. The first kappa shape index (κ1) is 14.6. The van der Waals surface area contributed by atoms with E-state index >= 15 is 0 Å². The molecule has 0 aliphatic carbocycles. The van der Waals surface area contributed by atoms with E-state index in [0.717, 1.165) is 30.3 Å². The molecular weight excluding hydrogens is 308 g/mol. The van der Waals surface area contributed by atoms with Gasteiger partial charge in [0.1, 0.15) is 11.1 Å². The number of carbonyl (C=O) groups excluding carboxylic acids is 1. The molecule has 3 heterocycles. The van der Waals surface area contributed by atoms with Crippen LogP contribution in [0.1, 0.15) is 23.7 Å². The fraction of sp³-hybridized carbons (Fsp3) is 0.462. The number of rotatable bonds is 4. The number of morpholine rings is 1. The Kier molecular flexibility index (Phi) is 4.59. The minimum absolute atomic E-state index is 0.0483. The van der Waals surface area contributed by atoms with Crippen LogP contribution in [0.3, 0.4) is 0 Å². The summed E-state index contributed by atoms with van der Waals surface area (Å²) in [6, 6.07) is 0. The van der Waals surface area contributed by atoms with Crippen LogP contribution in [0.2, 0.25) is 0 Å². The third kappa shape index (κ3) is 3.85. The Morgan fingerprint density at radius 2 is 2.48 bits per heavy atom. The van der Waals surface area contributed by atoms with Gasteiger partial charge in [0.05, 0.1) is 12.3 Å². The smallest absolute Gasteiger partial charge is 0.223 e. The molecular formula is C13H16N4O2S2. The Bertz CT molecular complexity index is 599. The van der Waals surface area contributed by atoms with Gasteiger partial charge in [-0.25, -0.2) is 9.97 Å². The fourth-order valence-electron chi connectivity index (χ4n) is 2.21. The monoisotopic (exact) mass is 324 g/mol. The van der Waals surface area contributed by atoms with E-state index in [0.29, 0.717) is 11.7 Å². The zero-order valence-corrected chi connectivity index (χ0v) is 13.2. The predicted octanol–water partition coefficient (Wildman–Crippen LogP) is 2.13. The van der Waals surface area contributed by atoms with E-state index in [4.69, 9.17) is 4.74 Å². The maximum atomic E-state index is 11.0. The van der Waals surface area contributed by atoms with Crippen LogP contribution < -0.4 is 5.32 Å². The van der Waals surface area contributed by atoms with Crippen LogP contribution in [0.4, 0.5) is 5.13 Å². The van der Waals surface area contributed by atoms with Gasteiger partial charge in [-0.15, -0.1) is 22.7 Å². The normalized spacial score (nSPS) is 19.6. The minimum Gasteiger partial charge on any atom is -0.368 e. The summed E-state index contributed by atoms with van der Waals surface area (Å²) in [5, 5.41) is 8.35. The number of amides is 1. The minimum atomic E-state index is -0.0916. The lowest BCUT2D eigenvalue weighted by Gasteiger charge is -2.31. The number of hydrogen-bond acceptors (Lipinski definition) is 7. The van der Waals surface area contributed by atoms with Crippen LogP contribution >= 0.6 is 22.7 Å². The zero-order valence-electron chi connectivity index (χ0n) is 11.6. The van der Waals surface area contributed by atoms with Gasteiger partial charge in [0.2, 0.25) is 5.91 Å². The molecule has 2 aromatic rings. The van der Waals surface area contributed by atoms with Crippen molar-refractivity contribution in [2.75, 3.05) is 25.0 Å². The highest BCUT2D eigenvalue weighted by atomic mass is 32.1. The highest BCUT2D eigenvalue weighted by molar-refractivity contribution is 7.13. The second-order valence-electron chi connectivity index (χ2n) is 4.79. The SMILES string of the molecule is CC(=O)Nc1nc(CN2CCO[C@@H](c3nccs3)C2)cs1. The van der Waals surface area contributed by atoms with Crippen molar-refractivity contribution in [3.63, 3.8) is 0 Å². The lowest BCUT2D eigenvalue weighted by Crippen LogP contribution is -2.37. The van der Waals surface area contributed by atoms with Crippen LogP contribution in [-0.2, 0) is 16.1 Å². The highest BCUT2D eigenvalue weighted by Crippen LogP contribution is 2.25. The fourth-order valence-corrected chi connectivity index (χ4v) is 3.63. The van der Waals surface area contributed by atoms with E-state index in [1.165, 1.54) is 18.3 Å². The summed E-state index contributed by atoms with van der Waals surface area (Å²) < 4.78 is 5.78. The van der Waals surface area contributed by atoms with Crippen molar-refractivity contribution in [1.82, 2.24) is 14.9 Å². The lowest BCUT2D eigenvalue weighted by molar-refractivity contribution is -0.114. The van der Waals surface area contributed by atoms with Crippen molar-refractivity contribution in [2.24, 2.45) is 0 Å². The van der Waals surface area contributed by atoms with Crippen molar-refractivity contribution in [3.05, 3.63) is 27.7 Å². The molecule has 1 N–H and O–H groups in total. The number of aromatic nitrogens is 2. The summed E-state index contributed by atoms with van der Waals surface area (Å²) in [6.45, 7) is 4.66. The summed E-state index contributed by atoms with van der Waals surface area (Å²) in [4.78, 5) is 22.1. The van der Waals surface area contributed by atoms with Gasteiger partial charge in [-0.05, 0) is 0 Å². The maximum Gasteiger partial charge on any atom is 0.223 e. The van der Waals surface area contributed by atoms with E-state index in [2.05, 4.69) is 20.2 Å². The zero-order chi connectivity index (χ0) is 14.7. The van der Waals surface area contributed by atoms with Crippen molar-refractivity contribution in [1.29, 1.82) is 0 Å². The van der Waals surface area contributed by atoms with E-state index in [1.54, 1.807) is 11.3 Å². The lowest BCUT2D eigenvalue weighted by atomic mass is 10.2. The van der Waals surface area contributed by atoms with Crippen LogP contribution in [0, 0.1) is 0 Å². The number of anilines is 1. The van der Waals surface area contributed by atoms with Crippen LogP contribution in [0.5, 0.6) is 0 Å². The average molecular weight is 324 g/mol. The maximum absolute atomic E-state index is 11.0. The van der Waals surface area contributed by atoms with Gasteiger partial charge < -0.3 is 10.1 Å². The third-order valence-corrected chi connectivity index (χ3v) is 4.77. The van der Waals surface area contributed by atoms with Gasteiger partial charge in [0.25, 0.3) is 0 Å². The number of nitrogens with zero attached hydrogens (tertiary/aromatic N) is 3. The average Bonchev–Trinajstić information content (AvgIpc) is 3.10. The number of hydrogen-bond donors (Lipinski definition) is 1. The van der Waals surface area contributed by atoms with Crippen molar-refractivity contribution < 1.29 is 9.53 Å². The molecule has 2 aromatic heterocycles. The largest absolute Gasteiger partial charge is 0.368 e. The molecule has 1 fully saturated rings. The first-order valence-corrected chi connectivity index (χ1v) is 8.42. The Balaban J connectivity index is 1.59. The predicted molar refractivity (Wildman–Crippen MR) is 82.5 cm³/mol. The molecule has 1 atom stereocenters. The van der Waals surface area contributed by atoms with Gasteiger partial charge in [0, 0.05) is 43.5 Å². The topological polar surface area (TPSA) is 67.4 Å². The van der Waals surface area contributed by atoms with Crippen molar-refractivity contribution >= 4 is 33.7 Å². The molecule has 0 aromatic carbocycles. The molecule has 0 saturated carbocycles. The molecule has 8 heteroatoms. The molecule has 0 bridgehead atoms. The Hall–Kier alpha value is -1.35. The van der Waals surface area contributed by atoms with E-state index in [1.807, 2.05) is 17.0 Å². The van der Waals surface area contributed by atoms with Gasteiger partial charge >= 0.3 is 0 Å². The highest BCUT2D eigenvalue weighted by Gasteiger charge is 2.24. The molecule has 1 amide bonds. The molecule has 0 spiro atoms. The summed E-state index contributed by atoms with van der Waals surface area (Å²) in [7, 11) is 0. The Morgan fingerprint density at radius 3 is 3.24 bits per heavy atom. The first-order chi connectivity index (χ1) is 10.2. The molecule has 6 nitrogen and oxygen atoms in total. The van der Waals surface area contributed by atoms with Gasteiger partial charge in [-0.1, -0.05) is 0 Å². The molecule has 21 heavy (non-hydrogen) atoms. The first-order valence-electron chi connectivity index (χ1n) is 6.66. The third-order valence-electron chi connectivity index (χ3n) is 3.10. The molecule has 0 radical (unpaired) electrons. The quantitative estimate of drug-likeness (QED) is 0.933. The van der Waals surface area contributed by atoms with Gasteiger partial charge in [0.15, 0.2) is 5.13 Å². The Labute approximate surface area is 130 Å².